The van der Waals surface area contributed by atoms with Crippen molar-refractivity contribution in [2.75, 3.05) is 6.61 Å². The van der Waals surface area contributed by atoms with Gasteiger partial charge in [0.05, 0.1) is 19.3 Å². The van der Waals surface area contributed by atoms with Crippen molar-refractivity contribution in [1.82, 2.24) is 15.0 Å². The van der Waals surface area contributed by atoms with Crippen molar-refractivity contribution in [3.8, 4) is 11.5 Å². The maximum absolute atomic E-state index is 9.46. The number of aromatic nitrogens is 3. The first-order valence-electron chi connectivity index (χ1n) is 5.32. The highest BCUT2D eigenvalue weighted by atomic mass is 79.9. The first-order chi connectivity index (χ1) is 8.65. The number of nitrogens with two attached hydrogens (primary N) is 1. The van der Waals surface area contributed by atoms with Crippen LogP contribution < -0.4 is 5.73 Å². The van der Waals surface area contributed by atoms with Gasteiger partial charge in [-0.1, -0.05) is 5.21 Å². The van der Waals surface area contributed by atoms with Crippen molar-refractivity contribution in [1.29, 1.82) is 0 Å². The molecule has 8 heteroatoms. The van der Waals surface area contributed by atoms with E-state index in [4.69, 9.17) is 15.3 Å². The van der Waals surface area contributed by atoms with E-state index < -0.39 is 6.10 Å². The Bertz CT molecular complexity index is 525. The Morgan fingerprint density at radius 2 is 2.28 bits per heavy atom. The largest absolute Gasteiger partial charge is 0.448 e. The fourth-order valence-electron chi connectivity index (χ4n) is 1.58. The van der Waals surface area contributed by atoms with Gasteiger partial charge in [-0.3, -0.25) is 0 Å². The fraction of sp³-hybridized carbons (Fsp3) is 0.400. The smallest absolute Gasteiger partial charge is 0.169 e. The maximum atomic E-state index is 9.46. The van der Waals surface area contributed by atoms with E-state index in [1.54, 1.807) is 12.1 Å². The monoisotopic (exact) mass is 316 g/mol. The number of furan rings is 1. The minimum atomic E-state index is -0.908. The molecule has 4 N–H and O–H groups in total. The van der Waals surface area contributed by atoms with Gasteiger partial charge in [0.1, 0.15) is 11.4 Å². The minimum absolute atomic E-state index is 0.122. The molecule has 98 valence electrons. The van der Waals surface area contributed by atoms with Crippen molar-refractivity contribution in [3.05, 3.63) is 22.5 Å². The molecule has 1 unspecified atom stereocenters. The van der Waals surface area contributed by atoms with E-state index in [1.807, 2.05) is 0 Å². The summed E-state index contributed by atoms with van der Waals surface area (Å²) in [5, 5.41) is 26.1. The first kappa shape index (κ1) is 13.2. The molecule has 2 rings (SSSR count). The van der Waals surface area contributed by atoms with Crippen LogP contribution in [0.5, 0.6) is 0 Å². The molecule has 7 nitrogen and oxygen atoms in total. The Balaban J connectivity index is 2.39. The number of hydrogen-bond donors (Lipinski definition) is 3. The summed E-state index contributed by atoms with van der Waals surface area (Å²) in [6.07, 6.45) is -0.908. The molecule has 0 saturated carbocycles. The van der Waals surface area contributed by atoms with Crippen molar-refractivity contribution in [2.45, 2.75) is 19.2 Å². The second kappa shape index (κ2) is 5.61. The Morgan fingerprint density at radius 3 is 2.83 bits per heavy atom. The standard InChI is InChI=1S/C10H13BrN4O3/c11-9-2-1-8(18-9)10-7(3-12)13-14-15(10)4-6(17)5-16/h1-2,6,16-17H,3-5,12H2. The van der Waals surface area contributed by atoms with Crippen LogP contribution in [0.1, 0.15) is 5.69 Å². The average Bonchev–Trinajstić information content (AvgIpc) is 2.95. The lowest BCUT2D eigenvalue weighted by atomic mass is 10.2. The van der Waals surface area contributed by atoms with E-state index >= 15 is 0 Å². The van der Waals surface area contributed by atoms with Gasteiger partial charge < -0.3 is 20.4 Å². The van der Waals surface area contributed by atoms with Crippen LogP contribution in [0.2, 0.25) is 0 Å². The zero-order valence-electron chi connectivity index (χ0n) is 9.45. The fourth-order valence-corrected chi connectivity index (χ4v) is 1.89. The highest BCUT2D eigenvalue weighted by molar-refractivity contribution is 9.10. The lowest BCUT2D eigenvalue weighted by Crippen LogP contribution is -2.21. The van der Waals surface area contributed by atoms with Crippen LogP contribution in [-0.4, -0.2) is 37.9 Å². The molecule has 0 spiro atoms. The van der Waals surface area contributed by atoms with Gasteiger partial charge in [-0.15, -0.1) is 5.10 Å². The molecule has 18 heavy (non-hydrogen) atoms. The average molecular weight is 317 g/mol. The summed E-state index contributed by atoms with van der Waals surface area (Å²) < 4.78 is 7.49. The van der Waals surface area contributed by atoms with E-state index in [1.165, 1.54) is 4.68 Å². The van der Waals surface area contributed by atoms with Crippen LogP contribution >= 0.6 is 15.9 Å². The lowest BCUT2D eigenvalue weighted by Gasteiger charge is -2.09. The Labute approximate surface area is 111 Å². The first-order valence-corrected chi connectivity index (χ1v) is 6.12. The van der Waals surface area contributed by atoms with Crippen molar-refractivity contribution >= 4 is 15.9 Å². The van der Waals surface area contributed by atoms with Gasteiger partial charge in [-0.2, -0.15) is 0 Å². The van der Waals surface area contributed by atoms with E-state index in [2.05, 4.69) is 26.2 Å². The van der Waals surface area contributed by atoms with Gasteiger partial charge >= 0.3 is 0 Å². The van der Waals surface area contributed by atoms with Crippen LogP contribution in [0, 0.1) is 0 Å². The summed E-state index contributed by atoms with van der Waals surface area (Å²) in [7, 11) is 0. The molecule has 0 aliphatic carbocycles. The van der Waals surface area contributed by atoms with Crippen molar-refractivity contribution in [3.63, 3.8) is 0 Å². The van der Waals surface area contributed by atoms with Gasteiger partial charge in [-0.25, -0.2) is 4.68 Å². The predicted molar refractivity (Wildman–Crippen MR) is 66.4 cm³/mol. The molecule has 0 amide bonds. The molecule has 0 fully saturated rings. The molecule has 0 saturated heterocycles. The third-order valence-corrected chi connectivity index (χ3v) is 2.83. The van der Waals surface area contributed by atoms with Crippen LogP contribution in [0.25, 0.3) is 11.5 Å². The summed E-state index contributed by atoms with van der Waals surface area (Å²) in [6.45, 7) is -0.0147. The summed E-state index contributed by atoms with van der Waals surface area (Å²) >= 11 is 3.22. The van der Waals surface area contributed by atoms with Crippen molar-refractivity contribution in [2.24, 2.45) is 5.73 Å². The highest BCUT2D eigenvalue weighted by Crippen LogP contribution is 2.27. The van der Waals surface area contributed by atoms with E-state index in [0.29, 0.717) is 21.8 Å². The van der Waals surface area contributed by atoms with Gasteiger partial charge in [0.2, 0.25) is 0 Å². The number of nitrogens with zero attached hydrogens (tertiary/aromatic N) is 3. The van der Waals surface area contributed by atoms with Gasteiger partial charge in [0.15, 0.2) is 10.4 Å². The van der Waals surface area contributed by atoms with Gasteiger partial charge in [-0.05, 0) is 28.1 Å². The Morgan fingerprint density at radius 1 is 1.50 bits per heavy atom. The topological polar surface area (TPSA) is 110 Å². The molecule has 0 aliphatic heterocycles. The van der Waals surface area contributed by atoms with E-state index in [-0.39, 0.29) is 19.7 Å². The number of rotatable bonds is 5. The van der Waals surface area contributed by atoms with E-state index in [0.717, 1.165) is 0 Å². The Kier molecular flexibility index (Phi) is 4.12. The predicted octanol–water partition coefficient (Wildman–Crippen LogP) is 0.113. The van der Waals surface area contributed by atoms with Crippen LogP contribution in [0.15, 0.2) is 21.2 Å². The second-order valence-electron chi connectivity index (χ2n) is 3.71. The molecule has 0 bridgehead atoms. The zero-order chi connectivity index (χ0) is 13.1. The molecule has 2 aromatic rings. The summed E-state index contributed by atoms with van der Waals surface area (Å²) in [5.74, 6) is 0.553. The summed E-state index contributed by atoms with van der Waals surface area (Å²) in [6, 6.07) is 3.50. The maximum Gasteiger partial charge on any atom is 0.169 e. The lowest BCUT2D eigenvalue weighted by molar-refractivity contribution is 0.0781. The molecule has 1 atom stereocenters. The molecule has 0 radical (unpaired) electrons. The number of hydrogen-bond acceptors (Lipinski definition) is 6. The van der Waals surface area contributed by atoms with Crippen molar-refractivity contribution < 1.29 is 14.6 Å². The zero-order valence-corrected chi connectivity index (χ0v) is 11.0. The highest BCUT2D eigenvalue weighted by Gasteiger charge is 2.18. The van der Waals surface area contributed by atoms with Crippen LogP contribution in [0.3, 0.4) is 0 Å². The van der Waals surface area contributed by atoms with Crippen LogP contribution in [0.4, 0.5) is 0 Å². The summed E-state index contributed by atoms with van der Waals surface area (Å²) in [5.41, 5.74) is 6.77. The molecular formula is C10H13BrN4O3. The third kappa shape index (κ3) is 2.61. The molecule has 2 aromatic heterocycles. The molecule has 2 heterocycles. The Hall–Kier alpha value is -1.22. The second-order valence-corrected chi connectivity index (χ2v) is 4.49. The van der Waals surface area contributed by atoms with Gasteiger partial charge in [0.25, 0.3) is 0 Å². The van der Waals surface area contributed by atoms with Gasteiger partial charge in [0, 0.05) is 6.54 Å². The quantitative estimate of drug-likeness (QED) is 0.722. The molecule has 0 aromatic carbocycles. The third-order valence-electron chi connectivity index (χ3n) is 2.40. The van der Waals surface area contributed by atoms with Crippen LogP contribution in [-0.2, 0) is 13.1 Å². The molecular weight excluding hydrogens is 304 g/mol. The minimum Gasteiger partial charge on any atom is -0.448 e. The summed E-state index contributed by atoms with van der Waals surface area (Å²) in [4.78, 5) is 0. The normalized spacial score (nSPS) is 12.9. The number of halogens is 1. The number of aliphatic hydroxyl groups is 2. The van der Waals surface area contributed by atoms with E-state index in [9.17, 15) is 5.11 Å². The number of aliphatic hydroxyl groups excluding tert-OH is 2. The SMILES string of the molecule is NCc1nnn(CC(O)CO)c1-c1ccc(Br)o1. The molecule has 0 aliphatic rings.